The Kier molecular flexibility index (Phi) is 4.68. The van der Waals surface area contributed by atoms with Crippen LogP contribution < -0.4 is 4.74 Å². The second kappa shape index (κ2) is 7.48. The number of hydrogen-bond donors (Lipinski definition) is 1. The first-order chi connectivity index (χ1) is 16.6. The molecule has 2 unspecified atom stereocenters. The quantitative estimate of drug-likeness (QED) is 0.459. The Hall–Kier alpha value is -2.04. The summed E-state index contributed by atoms with van der Waals surface area (Å²) in [7, 11) is 2.52. The van der Waals surface area contributed by atoms with E-state index in [2.05, 4.69) is 43.4 Å². The van der Waals surface area contributed by atoms with Crippen molar-refractivity contribution in [3.05, 3.63) is 59.2 Å². The molecule has 3 aliphatic carbocycles. The van der Waals surface area contributed by atoms with E-state index in [1.54, 1.807) is 0 Å². The van der Waals surface area contributed by atoms with Crippen molar-refractivity contribution in [3.63, 3.8) is 0 Å². The van der Waals surface area contributed by atoms with E-state index in [-0.39, 0.29) is 17.1 Å². The van der Waals surface area contributed by atoms with Crippen LogP contribution in [0.4, 0.5) is 0 Å². The van der Waals surface area contributed by atoms with E-state index in [4.69, 9.17) is 9.47 Å². The fourth-order valence-corrected chi connectivity index (χ4v) is 8.58. The van der Waals surface area contributed by atoms with Crippen molar-refractivity contribution in [1.29, 1.82) is 0 Å². The van der Waals surface area contributed by atoms with Gasteiger partial charge in [-0.3, -0.25) is 0 Å². The lowest BCUT2D eigenvalue weighted by Gasteiger charge is -2.66. The van der Waals surface area contributed by atoms with Crippen LogP contribution in [0.1, 0.15) is 61.6 Å². The molecule has 5 atom stereocenters. The second-order valence-corrected chi connectivity index (χ2v) is 12.0. The molecular weight excluding hydrogens is 422 g/mol. The van der Waals surface area contributed by atoms with E-state index in [9.17, 15) is 5.11 Å². The van der Waals surface area contributed by atoms with Gasteiger partial charge in [0.25, 0.3) is 0 Å². The van der Waals surface area contributed by atoms with E-state index in [1.807, 2.05) is 6.07 Å². The predicted octanol–water partition coefficient (Wildman–Crippen LogP) is 5.15. The molecule has 7 rings (SSSR count). The van der Waals surface area contributed by atoms with Crippen molar-refractivity contribution in [2.75, 3.05) is 26.7 Å². The summed E-state index contributed by atoms with van der Waals surface area (Å²) in [5, 5.41) is 10.8. The van der Waals surface area contributed by atoms with Crippen LogP contribution in [-0.4, -0.2) is 54.1 Å². The van der Waals surface area contributed by atoms with Gasteiger partial charge in [0.15, 0.2) is 11.5 Å². The lowest BCUT2D eigenvalue weighted by molar-refractivity contribution is -0.951. The predicted molar refractivity (Wildman–Crippen MR) is 132 cm³/mol. The molecule has 2 aliphatic heterocycles. The van der Waals surface area contributed by atoms with Gasteiger partial charge in [-0.2, -0.15) is 0 Å². The van der Waals surface area contributed by atoms with E-state index in [0.29, 0.717) is 11.8 Å². The highest BCUT2D eigenvalue weighted by molar-refractivity contribution is 5.62. The van der Waals surface area contributed by atoms with Gasteiger partial charge in [0.05, 0.1) is 25.6 Å². The Morgan fingerprint density at radius 1 is 1.09 bits per heavy atom. The molecule has 180 valence electrons. The topological polar surface area (TPSA) is 38.7 Å². The number of likely N-dealkylation sites (tertiary alicyclic amines) is 1. The number of hydrogen-bond acceptors (Lipinski definition) is 3. The second-order valence-electron chi connectivity index (χ2n) is 12.0. The van der Waals surface area contributed by atoms with Gasteiger partial charge in [-0.1, -0.05) is 36.4 Å². The molecule has 0 aromatic heterocycles. The number of aryl methyl sites for hydroxylation is 1. The normalized spacial score (nSPS) is 37.2. The summed E-state index contributed by atoms with van der Waals surface area (Å²) in [5.41, 5.74) is 3.81. The Bertz CT molecular complexity index is 1100. The highest BCUT2D eigenvalue weighted by Gasteiger charge is 2.75. The number of aromatic hydroxyl groups is 1. The molecule has 5 aliphatic rings. The fraction of sp³-hybridized carbons (Fsp3) is 0.600. The molecule has 0 radical (unpaired) electrons. The van der Waals surface area contributed by atoms with Gasteiger partial charge in [0, 0.05) is 30.9 Å². The first-order valence-electron chi connectivity index (χ1n) is 13.6. The highest BCUT2D eigenvalue weighted by atomic mass is 16.5. The maximum atomic E-state index is 10.8. The van der Waals surface area contributed by atoms with E-state index in [1.165, 1.54) is 42.6 Å². The minimum absolute atomic E-state index is 0.106. The van der Waals surface area contributed by atoms with E-state index in [0.717, 1.165) is 67.7 Å². The van der Waals surface area contributed by atoms with Crippen LogP contribution in [0.15, 0.2) is 42.5 Å². The molecule has 1 spiro atoms. The lowest BCUT2D eigenvalue weighted by Crippen LogP contribution is -2.80. The smallest absolute Gasteiger partial charge is 0.165 e. The number of rotatable bonds is 7. The summed E-state index contributed by atoms with van der Waals surface area (Å²) < 4.78 is 15.1. The van der Waals surface area contributed by atoms with Gasteiger partial charge in [0.1, 0.15) is 17.7 Å². The third-order valence-electron chi connectivity index (χ3n) is 10.2. The van der Waals surface area contributed by atoms with Gasteiger partial charge in [-0.15, -0.1) is 0 Å². The minimum Gasteiger partial charge on any atom is -0.504 e. The van der Waals surface area contributed by atoms with Crippen molar-refractivity contribution in [2.24, 2.45) is 5.92 Å². The van der Waals surface area contributed by atoms with Gasteiger partial charge < -0.3 is 19.1 Å². The summed E-state index contributed by atoms with van der Waals surface area (Å²) in [4.78, 5) is 0. The van der Waals surface area contributed by atoms with E-state index < -0.39 is 0 Å². The molecule has 2 saturated carbocycles. The number of phenolic OH excluding ortho intramolecular Hbond substituents is 1. The maximum Gasteiger partial charge on any atom is 0.165 e. The Morgan fingerprint density at radius 3 is 2.76 bits per heavy atom. The molecule has 2 heterocycles. The zero-order chi connectivity index (χ0) is 23.0. The molecular formula is C30H38NO3+. The maximum absolute atomic E-state index is 10.8. The summed E-state index contributed by atoms with van der Waals surface area (Å²) >= 11 is 0. The molecule has 2 bridgehead atoms. The molecule has 4 heteroatoms. The largest absolute Gasteiger partial charge is 0.504 e. The van der Waals surface area contributed by atoms with Gasteiger partial charge in [-0.05, 0) is 62.1 Å². The number of ether oxygens (including phenoxy) is 2. The SMILES string of the molecule is C[N+]1(CC2CC2)CC[C@]23c4c5ccc(O)c4O[C@H]2CCCC3(OCCCc2ccccc2)[C@H]1C5. The third-order valence-corrected chi connectivity index (χ3v) is 10.2. The molecule has 2 aromatic rings. The Balaban J connectivity index is 1.29. The zero-order valence-corrected chi connectivity index (χ0v) is 20.5. The third kappa shape index (κ3) is 2.85. The number of likely N-dealkylation sites (N-methyl/N-ethyl adjacent to an activating group) is 1. The van der Waals surface area contributed by atoms with Crippen molar-refractivity contribution in [1.82, 2.24) is 0 Å². The fourth-order valence-electron chi connectivity index (χ4n) is 8.58. The molecule has 4 nitrogen and oxygen atoms in total. The minimum atomic E-state index is -0.194. The van der Waals surface area contributed by atoms with Crippen LogP contribution in [0.3, 0.4) is 0 Å². The van der Waals surface area contributed by atoms with Crippen LogP contribution in [0.25, 0.3) is 0 Å². The lowest BCUT2D eigenvalue weighted by atomic mass is 9.48. The standard InChI is InChI=1S/C30H37NO3/c1-31(20-22-11-12-22)17-16-29-26-10-5-15-30(29,33-18-6-9-21-7-3-2-4-8-21)25(31)19-23-13-14-24(32)28(34-26)27(23)29/h2-4,7-8,13-14,22,25-26H,5-6,9-12,15-20H2,1H3/p+1/t25-,26+,29-,30?,31?/m1/s1. The van der Waals surface area contributed by atoms with Crippen molar-refractivity contribution in [3.8, 4) is 11.5 Å². The average Bonchev–Trinajstić information content (AvgIpc) is 3.58. The average molecular weight is 461 g/mol. The summed E-state index contributed by atoms with van der Waals surface area (Å²) in [6.45, 7) is 3.29. The van der Waals surface area contributed by atoms with Gasteiger partial charge >= 0.3 is 0 Å². The molecule has 2 aromatic carbocycles. The number of nitrogens with zero attached hydrogens (tertiary/aromatic N) is 1. The first kappa shape index (κ1) is 21.3. The van der Waals surface area contributed by atoms with Crippen LogP contribution in [0.5, 0.6) is 11.5 Å². The van der Waals surface area contributed by atoms with Gasteiger partial charge in [-0.25, -0.2) is 0 Å². The van der Waals surface area contributed by atoms with Gasteiger partial charge in [0.2, 0.25) is 0 Å². The summed E-state index contributed by atoms with van der Waals surface area (Å²) in [5.74, 6) is 1.99. The first-order valence-corrected chi connectivity index (χ1v) is 13.6. The van der Waals surface area contributed by atoms with E-state index >= 15 is 0 Å². The Morgan fingerprint density at radius 2 is 1.94 bits per heavy atom. The zero-order valence-electron chi connectivity index (χ0n) is 20.5. The number of quaternary nitrogens is 1. The molecule has 1 saturated heterocycles. The van der Waals surface area contributed by atoms with Crippen LogP contribution in [-0.2, 0) is 23.0 Å². The number of phenols is 1. The van der Waals surface area contributed by atoms with Crippen LogP contribution in [0, 0.1) is 5.92 Å². The number of benzene rings is 2. The number of piperidine rings is 1. The van der Waals surface area contributed by atoms with Crippen molar-refractivity contribution >= 4 is 0 Å². The molecule has 1 N–H and O–H groups in total. The van der Waals surface area contributed by atoms with Crippen molar-refractivity contribution in [2.45, 2.75) is 80.9 Å². The van der Waals surface area contributed by atoms with Crippen molar-refractivity contribution < 1.29 is 19.1 Å². The Labute approximate surface area is 203 Å². The van der Waals surface area contributed by atoms with Crippen LogP contribution in [0.2, 0.25) is 0 Å². The molecule has 34 heavy (non-hydrogen) atoms. The molecule has 3 fully saturated rings. The summed E-state index contributed by atoms with van der Waals surface area (Å²) in [6, 6.07) is 15.3. The monoisotopic (exact) mass is 460 g/mol. The summed E-state index contributed by atoms with van der Waals surface area (Å²) in [6.07, 6.45) is 10.5. The van der Waals surface area contributed by atoms with Crippen LogP contribution >= 0.6 is 0 Å². The molecule has 0 amide bonds. The highest BCUT2D eigenvalue weighted by Crippen LogP contribution is 2.67.